The molecule has 1 aromatic carbocycles. The fourth-order valence-electron chi connectivity index (χ4n) is 3.57. The van der Waals surface area contributed by atoms with Gasteiger partial charge in [-0.25, -0.2) is 8.42 Å². The molecule has 0 spiro atoms. The van der Waals surface area contributed by atoms with E-state index in [-0.39, 0.29) is 22.7 Å². The Morgan fingerprint density at radius 2 is 1.88 bits per heavy atom. The van der Waals surface area contributed by atoms with Gasteiger partial charge in [-0.3, -0.25) is 14.0 Å². The quantitative estimate of drug-likeness (QED) is 0.825. The van der Waals surface area contributed by atoms with E-state index < -0.39 is 10.0 Å². The zero-order valence-electron chi connectivity index (χ0n) is 15.1. The minimum Gasteiger partial charge on any atom is -0.350 e. The molecule has 6 nitrogen and oxygen atoms in total. The van der Waals surface area contributed by atoms with Crippen LogP contribution in [0.1, 0.15) is 43.0 Å². The zero-order valence-corrected chi connectivity index (χ0v) is 16.7. The van der Waals surface area contributed by atoms with Crippen LogP contribution in [0, 0.1) is 0 Å². The van der Waals surface area contributed by atoms with Gasteiger partial charge in [0.05, 0.1) is 22.0 Å². The van der Waals surface area contributed by atoms with Gasteiger partial charge in [0.15, 0.2) is 0 Å². The van der Waals surface area contributed by atoms with Crippen molar-refractivity contribution in [2.24, 2.45) is 0 Å². The highest BCUT2D eigenvalue weighted by Gasteiger charge is 2.27. The molecule has 0 aliphatic carbocycles. The lowest BCUT2D eigenvalue weighted by molar-refractivity contribution is 0.0940. The number of anilines is 1. The fourth-order valence-corrected chi connectivity index (χ4v) is 5.46. The maximum atomic E-state index is 12.5. The van der Waals surface area contributed by atoms with E-state index in [0.29, 0.717) is 30.8 Å². The summed E-state index contributed by atoms with van der Waals surface area (Å²) in [7, 11) is -3.29. The Kier molecular flexibility index (Phi) is 6.10. The Hall–Kier alpha value is -1.31. The Bertz CT molecular complexity index is 763. The standard InChI is InChI=1S/C18H26ClN3O3S/c1-14(21-8-2-3-9-21)13-20-18(23)16-7-6-15(12-17(16)19)22-10-4-5-11-26(22,24)25/h6-7,12,14H,2-5,8-11,13H2,1H3,(H,20,23). The van der Waals surface area contributed by atoms with Crippen LogP contribution in [-0.4, -0.2) is 57.2 Å². The zero-order chi connectivity index (χ0) is 18.7. The molecule has 1 N–H and O–H groups in total. The van der Waals surface area contributed by atoms with Crippen molar-refractivity contribution in [3.63, 3.8) is 0 Å². The van der Waals surface area contributed by atoms with Crippen molar-refractivity contribution in [3.05, 3.63) is 28.8 Å². The average molecular weight is 400 g/mol. The Morgan fingerprint density at radius 3 is 2.54 bits per heavy atom. The number of sulfonamides is 1. The normalized spacial score (nSPS) is 21.5. The number of carbonyl (C=O) groups is 1. The third-order valence-electron chi connectivity index (χ3n) is 5.16. The van der Waals surface area contributed by atoms with E-state index in [1.807, 2.05) is 0 Å². The molecular weight excluding hydrogens is 374 g/mol. The SMILES string of the molecule is CC(CNC(=O)c1ccc(N2CCCCS2(=O)=O)cc1Cl)N1CCCC1. The summed E-state index contributed by atoms with van der Waals surface area (Å²) in [5, 5.41) is 3.21. The molecule has 2 saturated heterocycles. The van der Waals surface area contributed by atoms with Gasteiger partial charge in [-0.15, -0.1) is 0 Å². The molecule has 1 aromatic rings. The van der Waals surface area contributed by atoms with Gasteiger partial charge in [0.2, 0.25) is 10.0 Å². The predicted molar refractivity (Wildman–Crippen MR) is 104 cm³/mol. The number of nitrogens with zero attached hydrogens (tertiary/aromatic N) is 2. The van der Waals surface area contributed by atoms with Gasteiger partial charge in [0.1, 0.15) is 0 Å². The first-order valence-electron chi connectivity index (χ1n) is 9.21. The molecule has 2 fully saturated rings. The average Bonchev–Trinajstić information content (AvgIpc) is 3.13. The first-order chi connectivity index (χ1) is 12.4. The molecule has 8 heteroatoms. The smallest absolute Gasteiger partial charge is 0.252 e. The minimum absolute atomic E-state index is 0.154. The number of amides is 1. The lowest BCUT2D eigenvalue weighted by Gasteiger charge is -2.28. The minimum atomic E-state index is -3.29. The Balaban J connectivity index is 1.66. The van der Waals surface area contributed by atoms with E-state index in [1.54, 1.807) is 18.2 Å². The Labute approximate surface area is 160 Å². The second-order valence-electron chi connectivity index (χ2n) is 7.06. The molecule has 26 heavy (non-hydrogen) atoms. The maximum Gasteiger partial charge on any atom is 0.252 e. The van der Waals surface area contributed by atoms with Gasteiger partial charge < -0.3 is 5.32 Å². The van der Waals surface area contributed by atoms with Gasteiger partial charge in [-0.2, -0.15) is 0 Å². The summed E-state index contributed by atoms with van der Waals surface area (Å²) in [5.74, 6) is -0.0737. The number of benzene rings is 1. The van der Waals surface area contributed by atoms with Crippen molar-refractivity contribution < 1.29 is 13.2 Å². The van der Waals surface area contributed by atoms with Gasteiger partial charge in [-0.05, 0) is 63.9 Å². The van der Waals surface area contributed by atoms with Crippen molar-refractivity contribution >= 4 is 33.2 Å². The van der Waals surface area contributed by atoms with Crippen molar-refractivity contribution in [3.8, 4) is 0 Å². The fraction of sp³-hybridized carbons (Fsp3) is 0.611. The second-order valence-corrected chi connectivity index (χ2v) is 9.48. The van der Waals surface area contributed by atoms with Crippen LogP contribution in [-0.2, 0) is 10.0 Å². The van der Waals surface area contributed by atoms with Crippen LogP contribution in [0.25, 0.3) is 0 Å². The molecule has 144 valence electrons. The van der Waals surface area contributed by atoms with Gasteiger partial charge in [0.25, 0.3) is 5.91 Å². The van der Waals surface area contributed by atoms with Gasteiger partial charge in [0, 0.05) is 19.1 Å². The molecule has 2 aliphatic heterocycles. The van der Waals surface area contributed by atoms with Crippen molar-refractivity contribution in [1.82, 2.24) is 10.2 Å². The number of halogens is 1. The summed E-state index contributed by atoms with van der Waals surface area (Å²) in [6.07, 6.45) is 3.94. The highest BCUT2D eigenvalue weighted by atomic mass is 35.5. The highest BCUT2D eigenvalue weighted by Crippen LogP contribution is 2.28. The van der Waals surface area contributed by atoms with Crippen LogP contribution in [0.5, 0.6) is 0 Å². The maximum absolute atomic E-state index is 12.5. The van der Waals surface area contributed by atoms with Crippen LogP contribution in [0.2, 0.25) is 5.02 Å². The molecular formula is C18H26ClN3O3S. The summed E-state index contributed by atoms with van der Waals surface area (Å²) in [6, 6.07) is 5.13. The van der Waals surface area contributed by atoms with Crippen LogP contribution in [0.15, 0.2) is 18.2 Å². The third-order valence-corrected chi connectivity index (χ3v) is 7.34. The van der Waals surface area contributed by atoms with E-state index in [4.69, 9.17) is 11.6 Å². The summed E-state index contributed by atoms with van der Waals surface area (Å²) in [4.78, 5) is 14.8. The molecule has 2 heterocycles. The predicted octanol–water partition coefficient (Wildman–Crippen LogP) is 2.48. The molecule has 0 aromatic heterocycles. The van der Waals surface area contributed by atoms with Crippen molar-refractivity contribution in [2.75, 3.05) is 36.2 Å². The van der Waals surface area contributed by atoms with Crippen LogP contribution in [0.4, 0.5) is 5.69 Å². The first-order valence-corrected chi connectivity index (χ1v) is 11.2. The molecule has 1 unspecified atom stereocenters. The molecule has 2 aliphatic rings. The Morgan fingerprint density at radius 1 is 1.19 bits per heavy atom. The van der Waals surface area contributed by atoms with Crippen LogP contribution < -0.4 is 9.62 Å². The van der Waals surface area contributed by atoms with E-state index in [0.717, 1.165) is 19.5 Å². The summed E-state index contributed by atoms with van der Waals surface area (Å²) < 4.78 is 25.8. The number of carbonyl (C=O) groups excluding carboxylic acids is 1. The second kappa shape index (κ2) is 8.15. The lowest BCUT2D eigenvalue weighted by atomic mass is 10.1. The number of hydrogen-bond donors (Lipinski definition) is 1. The van der Waals surface area contributed by atoms with E-state index >= 15 is 0 Å². The molecule has 0 saturated carbocycles. The van der Waals surface area contributed by atoms with E-state index in [9.17, 15) is 13.2 Å². The van der Waals surface area contributed by atoms with Gasteiger partial charge in [-0.1, -0.05) is 11.6 Å². The molecule has 0 radical (unpaired) electrons. The van der Waals surface area contributed by atoms with Crippen molar-refractivity contribution in [1.29, 1.82) is 0 Å². The van der Waals surface area contributed by atoms with Crippen LogP contribution >= 0.6 is 11.6 Å². The molecule has 3 rings (SSSR count). The molecule has 1 atom stereocenters. The lowest BCUT2D eigenvalue weighted by Crippen LogP contribution is -2.40. The van der Waals surface area contributed by atoms with E-state index in [1.165, 1.54) is 17.1 Å². The number of likely N-dealkylation sites (tertiary alicyclic amines) is 1. The van der Waals surface area contributed by atoms with Crippen molar-refractivity contribution in [2.45, 2.75) is 38.6 Å². The summed E-state index contributed by atoms with van der Waals surface area (Å²) >= 11 is 6.29. The summed E-state index contributed by atoms with van der Waals surface area (Å²) in [6.45, 7) is 5.29. The van der Waals surface area contributed by atoms with Crippen LogP contribution in [0.3, 0.4) is 0 Å². The van der Waals surface area contributed by atoms with E-state index in [2.05, 4.69) is 17.1 Å². The molecule has 0 bridgehead atoms. The first kappa shape index (κ1) is 19.5. The number of nitrogens with one attached hydrogen (secondary N) is 1. The number of hydrogen-bond acceptors (Lipinski definition) is 4. The summed E-state index contributed by atoms with van der Waals surface area (Å²) in [5.41, 5.74) is 0.898. The highest BCUT2D eigenvalue weighted by molar-refractivity contribution is 7.92. The van der Waals surface area contributed by atoms with Gasteiger partial charge >= 0.3 is 0 Å². The number of rotatable bonds is 5. The molecule has 1 amide bonds. The topological polar surface area (TPSA) is 69.7 Å². The monoisotopic (exact) mass is 399 g/mol. The third kappa shape index (κ3) is 4.32. The largest absolute Gasteiger partial charge is 0.350 e.